The van der Waals surface area contributed by atoms with Crippen molar-refractivity contribution in [3.05, 3.63) is 0 Å². The standard InChI is InChI=1S/C32H59N3O7/c1-12-13-35-17-23(18-35)25-19-40-30(38)31(5,6)27(37)22(4)28(32(7,39-11)15-20(2)16-34(25)10)42-29-26(36)24(33(8)9)14-21(3)41-29/h20-26,28-29,36H,12-19H2,1-11H3/t20-,21-,22+,24+,25+,26-,28-,29+,32-/m1/s1. The number of likely N-dealkylation sites (tertiary alicyclic amines) is 1. The second-order valence-electron chi connectivity index (χ2n) is 14.4. The van der Waals surface area contributed by atoms with E-state index >= 15 is 0 Å². The Morgan fingerprint density at radius 3 is 2.31 bits per heavy atom. The summed E-state index contributed by atoms with van der Waals surface area (Å²) in [6, 6.07) is -0.103. The van der Waals surface area contributed by atoms with Crippen molar-refractivity contribution in [2.24, 2.45) is 23.2 Å². The van der Waals surface area contributed by atoms with Crippen LogP contribution < -0.4 is 0 Å². The van der Waals surface area contributed by atoms with E-state index in [0.29, 0.717) is 18.8 Å². The molecule has 3 saturated heterocycles. The molecule has 0 amide bonds. The van der Waals surface area contributed by atoms with Crippen LogP contribution in [-0.4, -0.2) is 135 Å². The van der Waals surface area contributed by atoms with Gasteiger partial charge in [-0.15, -0.1) is 0 Å². The lowest BCUT2D eigenvalue weighted by Crippen LogP contribution is -2.59. The van der Waals surface area contributed by atoms with Crippen LogP contribution in [0.25, 0.3) is 0 Å². The fourth-order valence-electron chi connectivity index (χ4n) is 7.41. The van der Waals surface area contributed by atoms with E-state index in [2.05, 4.69) is 30.7 Å². The minimum absolute atomic E-state index is 0.0599. The first kappa shape index (κ1) is 35.3. The van der Waals surface area contributed by atoms with Crippen LogP contribution in [0.4, 0.5) is 0 Å². The molecule has 3 heterocycles. The first-order valence-electron chi connectivity index (χ1n) is 15.9. The van der Waals surface area contributed by atoms with Gasteiger partial charge in [0.25, 0.3) is 0 Å². The Balaban J connectivity index is 1.95. The Kier molecular flexibility index (Phi) is 12.0. The van der Waals surface area contributed by atoms with Gasteiger partial charge >= 0.3 is 5.97 Å². The van der Waals surface area contributed by atoms with Crippen LogP contribution in [-0.2, 0) is 28.5 Å². The normalized spacial score (nSPS) is 40.1. The number of hydrogen-bond acceptors (Lipinski definition) is 10. The van der Waals surface area contributed by atoms with Crippen LogP contribution in [0, 0.1) is 23.2 Å². The number of nitrogens with zero attached hydrogens (tertiary/aromatic N) is 3. The number of esters is 1. The maximum Gasteiger partial charge on any atom is 0.319 e. The average molecular weight is 598 g/mol. The first-order chi connectivity index (χ1) is 19.5. The Morgan fingerprint density at radius 2 is 1.74 bits per heavy atom. The molecular formula is C32H59N3O7. The van der Waals surface area contributed by atoms with Crippen LogP contribution in [0.1, 0.15) is 67.7 Å². The quantitative estimate of drug-likeness (QED) is 0.348. The lowest BCUT2D eigenvalue weighted by atomic mass is 9.74. The van der Waals surface area contributed by atoms with E-state index in [9.17, 15) is 14.7 Å². The van der Waals surface area contributed by atoms with Crippen LogP contribution in [0.5, 0.6) is 0 Å². The summed E-state index contributed by atoms with van der Waals surface area (Å²) >= 11 is 0. The largest absolute Gasteiger partial charge is 0.463 e. The predicted octanol–water partition coefficient (Wildman–Crippen LogP) is 2.66. The van der Waals surface area contributed by atoms with Crippen molar-refractivity contribution >= 4 is 11.8 Å². The third kappa shape index (κ3) is 7.73. The van der Waals surface area contributed by atoms with Gasteiger partial charge < -0.3 is 33.9 Å². The van der Waals surface area contributed by atoms with Gasteiger partial charge in [0.2, 0.25) is 0 Å². The number of rotatable bonds is 7. The van der Waals surface area contributed by atoms with Crippen molar-refractivity contribution in [2.75, 3.05) is 61.0 Å². The number of ketones is 1. The summed E-state index contributed by atoms with van der Waals surface area (Å²) in [6.45, 7) is 17.4. The molecule has 0 aromatic heterocycles. The van der Waals surface area contributed by atoms with E-state index in [1.807, 2.05) is 32.8 Å². The highest BCUT2D eigenvalue weighted by molar-refractivity contribution is 6.04. The third-order valence-electron chi connectivity index (χ3n) is 9.99. The molecule has 0 aliphatic carbocycles. The number of carbonyl (C=O) groups is 2. The monoisotopic (exact) mass is 597 g/mol. The van der Waals surface area contributed by atoms with Crippen molar-refractivity contribution in [3.8, 4) is 0 Å². The number of cyclic esters (lactones) is 1. The zero-order chi connectivity index (χ0) is 31.6. The molecule has 0 aromatic rings. The highest BCUT2D eigenvalue weighted by Crippen LogP contribution is 2.38. The topological polar surface area (TPSA) is 101 Å². The van der Waals surface area contributed by atoms with Crippen LogP contribution in [0.2, 0.25) is 0 Å². The lowest BCUT2D eigenvalue weighted by Gasteiger charge is -2.47. The Labute approximate surface area is 254 Å². The Hall–Kier alpha value is -1.14. The fraction of sp³-hybridized carbons (Fsp3) is 0.938. The molecule has 3 aliphatic heterocycles. The number of aliphatic hydroxyl groups is 1. The van der Waals surface area contributed by atoms with Crippen molar-refractivity contribution in [3.63, 3.8) is 0 Å². The molecule has 0 unspecified atom stereocenters. The molecule has 3 rings (SSSR count). The maximum atomic E-state index is 14.1. The third-order valence-corrected chi connectivity index (χ3v) is 9.99. The molecule has 10 heteroatoms. The fourth-order valence-corrected chi connectivity index (χ4v) is 7.41. The Morgan fingerprint density at radius 1 is 1.10 bits per heavy atom. The number of aliphatic hydroxyl groups excluding tert-OH is 1. The second-order valence-corrected chi connectivity index (χ2v) is 14.4. The van der Waals surface area contributed by atoms with Gasteiger partial charge in [0.05, 0.1) is 17.8 Å². The predicted molar refractivity (Wildman–Crippen MR) is 162 cm³/mol. The molecule has 244 valence electrons. The van der Waals surface area contributed by atoms with Gasteiger partial charge in [-0.1, -0.05) is 20.8 Å². The Bertz CT molecular complexity index is 911. The summed E-state index contributed by atoms with van der Waals surface area (Å²) < 4.78 is 24.9. The van der Waals surface area contributed by atoms with Crippen molar-refractivity contribution in [2.45, 2.75) is 110 Å². The van der Waals surface area contributed by atoms with Gasteiger partial charge in [0, 0.05) is 50.7 Å². The maximum absolute atomic E-state index is 14.1. The number of methoxy groups -OCH3 is 1. The molecule has 9 atom stereocenters. The average Bonchev–Trinajstić information content (AvgIpc) is 2.89. The number of likely N-dealkylation sites (N-methyl/N-ethyl adjacent to an activating group) is 2. The molecule has 3 aliphatic rings. The lowest BCUT2D eigenvalue weighted by molar-refractivity contribution is -0.295. The van der Waals surface area contributed by atoms with E-state index < -0.39 is 41.4 Å². The number of Topliss-reactive ketones (excluding diaryl/α,β-unsaturated/α-hetero) is 1. The zero-order valence-electron chi connectivity index (χ0n) is 28.1. The van der Waals surface area contributed by atoms with Gasteiger partial charge in [0.1, 0.15) is 18.1 Å². The van der Waals surface area contributed by atoms with E-state index in [4.69, 9.17) is 18.9 Å². The molecule has 0 radical (unpaired) electrons. The van der Waals surface area contributed by atoms with Gasteiger partial charge in [-0.2, -0.15) is 0 Å². The summed E-state index contributed by atoms with van der Waals surface area (Å²) in [5.74, 6) is -0.969. The molecule has 0 bridgehead atoms. The summed E-state index contributed by atoms with van der Waals surface area (Å²) in [7, 11) is 7.60. The van der Waals surface area contributed by atoms with Crippen molar-refractivity contribution < 1.29 is 33.6 Å². The number of hydrogen-bond donors (Lipinski definition) is 1. The van der Waals surface area contributed by atoms with E-state index in [1.54, 1.807) is 27.9 Å². The molecular weight excluding hydrogens is 538 g/mol. The van der Waals surface area contributed by atoms with Gasteiger partial charge in [-0.3, -0.25) is 14.5 Å². The number of ether oxygens (including phenoxy) is 4. The first-order valence-corrected chi connectivity index (χ1v) is 15.9. The smallest absolute Gasteiger partial charge is 0.319 e. The van der Waals surface area contributed by atoms with Gasteiger partial charge in [0.15, 0.2) is 12.1 Å². The molecule has 10 nitrogen and oxygen atoms in total. The van der Waals surface area contributed by atoms with Gasteiger partial charge in [-0.25, -0.2) is 0 Å². The van der Waals surface area contributed by atoms with E-state index in [-0.39, 0.29) is 36.5 Å². The van der Waals surface area contributed by atoms with Gasteiger partial charge in [-0.05, 0) is 80.6 Å². The summed E-state index contributed by atoms with van der Waals surface area (Å²) in [5, 5.41) is 11.3. The molecule has 42 heavy (non-hydrogen) atoms. The molecule has 0 spiro atoms. The van der Waals surface area contributed by atoms with Crippen molar-refractivity contribution in [1.29, 1.82) is 0 Å². The van der Waals surface area contributed by atoms with Crippen LogP contribution in [0.15, 0.2) is 0 Å². The summed E-state index contributed by atoms with van der Waals surface area (Å²) in [5.41, 5.74) is -2.29. The van der Waals surface area contributed by atoms with Crippen molar-refractivity contribution in [1.82, 2.24) is 14.7 Å². The molecule has 1 N–H and O–H groups in total. The SMILES string of the molecule is CCCN1CC([C@@H]2COC(=O)C(C)(C)C(=O)[C@H](C)[C@@H](O[C@@H]3O[C@H](C)C[C@H](N(C)C)[C@H]3O)[C@](C)(OC)C[C@@H](C)CN2C)C1. The number of carbonyl (C=O) groups excluding carboxylic acids is 2. The second kappa shape index (κ2) is 14.3. The molecule has 0 aromatic carbocycles. The minimum atomic E-state index is -1.39. The molecule has 0 saturated carbocycles. The highest BCUT2D eigenvalue weighted by atomic mass is 16.7. The molecule has 3 fully saturated rings. The van der Waals surface area contributed by atoms with Crippen LogP contribution >= 0.6 is 0 Å². The summed E-state index contributed by atoms with van der Waals surface area (Å²) in [4.78, 5) is 34.4. The van der Waals surface area contributed by atoms with E-state index in [1.165, 1.54) is 0 Å². The van der Waals surface area contributed by atoms with E-state index in [0.717, 1.165) is 32.6 Å². The zero-order valence-corrected chi connectivity index (χ0v) is 28.1. The highest BCUT2D eigenvalue weighted by Gasteiger charge is 2.51. The minimum Gasteiger partial charge on any atom is -0.463 e. The van der Waals surface area contributed by atoms with Crippen LogP contribution in [0.3, 0.4) is 0 Å². The summed E-state index contributed by atoms with van der Waals surface area (Å²) in [6.07, 6.45) is -0.404.